The minimum atomic E-state index is -4.15. The summed E-state index contributed by atoms with van der Waals surface area (Å²) in [5.74, 6) is 0.879. The van der Waals surface area contributed by atoms with Crippen LogP contribution in [0, 0.1) is 5.41 Å². The topological polar surface area (TPSA) is 86.9 Å². The lowest BCUT2D eigenvalue weighted by molar-refractivity contribution is -0.132. The smallest absolute Gasteiger partial charge is 0.278 e. The molecule has 0 bridgehead atoms. The van der Waals surface area contributed by atoms with Gasteiger partial charge in [0.2, 0.25) is 0 Å². The maximum Gasteiger partial charge on any atom is 0.278 e. The van der Waals surface area contributed by atoms with Crippen molar-refractivity contribution >= 4 is 38.9 Å². The van der Waals surface area contributed by atoms with E-state index in [1.807, 2.05) is 11.8 Å². The van der Waals surface area contributed by atoms with Crippen molar-refractivity contribution in [2.45, 2.75) is 18.3 Å². The van der Waals surface area contributed by atoms with Crippen molar-refractivity contribution in [3.05, 3.63) is 24.3 Å². The molecule has 3 heterocycles. The molecule has 0 saturated carbocycles. The quantitative estimate of drug-likeness (QED) is 0.671. The molecule has 1 aromatic carbocycles. The number of nitrogens with two attached hydrogens (primary N) is 1. The fourth-order valence-corrected chi connectivity index (χ4v) is 6.77. The van der Waals surface area contributed by atoms with Gasteiger partial charge < -0.3 is 20.4 Å². The molecule has 3 aliphatic heterocycles. The molecule has 3 aliphatic rings. The summed E-state index contributed by atoms with van der Waals surface area (Å²) in [5.41, 5.74) is 5.04. The van der Waals surface area contributed by atoms with Gasteiger partial charge in [-0.15, -0.1) is 0 Å². The van der Waals surface area contributed by atoms with E-state index in [4.69, 9.17) is 5.73 Å². The lowest BCUT2D eigenvalue weighted by Crippen LogP contribution is -2.42. The maximum atomic E-state index is 14.4. The molecule has 4 rings (SSSR count). The highest BCUT2D eigenvalue weighted by atomic mass is 32.2. The van der Waals surface area contributed by atoms with Crippen molar-refractivity contribution in [2.24, 2.45) is 11.1 Å². The Labute approximate surface area is 188 Å². The van der Waals surface area contributed by atoms with Gasteiger partial charge >= 0.3 is 0 Å². The summed E-state index contributed by atoms with van der Waals surface area (Å²) >= 11 is 1.99. The van der Waals surface area contributed by atoms with Gasteiger partial charge in [-0.1, -0.05) is 0 Å². The molecule has 0 aromatic heterocycles. The average molecular weight is 471 g/mol. The number of amides is 1. The summed E-state index contributed by atoms with van der Waals surface area (Å²) in [6.07, 6.45) is 1.68. The number of nitrogens with zero attached hydrogens (tertiary/aromatic N) is 3. The fourth-order valence-electron chi connectivity index (χ4n) is 4.87. The molecule has 1 spiro atoms. The fraction of sp³-hybridized carbons (Fsp3) is 0.667. The lowest BCUT2D eigenvalue weighted by atomic mass is 9.86. The van der Waals surface area contributed by atoms with Crippen molar-refractivity contribution in [1.29, 1.82) is 0 Å². The summed E-state index contributed by atoms with van der Waals surface area (Å²) in [4.78, 5) is 18.6. The summed E-state index contributed by atoms with van der Waals surface area (Å²) in [5, 5.41) is 0. The van der Waals surface area contributed by atoms with Gasteiger partial charge in [0.15, 0.2) is 9.84 Å². The van der Waals surface area contributed by atoms with Gasteiger partial charge in [-0.3, -0.25) is 4.79 Å². The number of likely N-dealkylation sites (tertiary alicyclic amines) is 1. The first kappa shape index (κ1) is 22.7. The van der Waals surface area contributed by atoms with Crippen LogP contribution in [-0.2, 0) is 14.6 Å². The number of hydrogen-bond donors (Lipinski definition) is 1. The Hall–Kier alpha value is -1.52. The van der Waals surface area contributed by atoms with Gasteiger partial charge in [0.25, 0.3) is 11.4 Å². The number of carbonyl (C=O) groups excluding carboxylic acids is 1. The predicted molar refractivity (Wildman–Crippen MR) is 124 cm³/mol. The van der Waals surface area contributed by atoms with E-state index in [0.717, 1.165) is 44.7 Å². The van der Waals surface area contributed by atoms with E-state index < -0.39 is 27.0 Å². The third-order valence-electron chi connectivity index (χ3n) is 6.69. The molecule has 2 atom stereocenters. The zero-order valence-electron chi connectivity index (χ0n) is 17.7. The normalized spacial score (nSPS) is 25.4. The first-order valence-electron chi connectivity index (χ1n) is 10.9. The molecular formula is C21H31FN4O3S2. The standard InChI is InChI=1S/C21H31FN4O3S2/c22-19(31(28,29)14-7-23)20(27)26-9-6-21(16-26)5-8-25(15-21)18-3-1-17(2-4-18)24-10-12-30-13-11-24/h1-4,19H,5-16,23H2. The molecule has 3 saturated heterocycles. The number of anilines is 2. The van der Waals surface area contributed by atoms with Gasteiger partial charge in [-0.25, -0.2) is 12.8 Å². The third kappa shape index (κ3) is 4.80. The maximum absolute atomic E-state index is 14.4. The van der Waals surface area contributed by atoms with Crippen LogP contribution in [-0.4, -0.2) is 87.8 Å². The van der Waals surface area contributed by atoms with Gasteiger partial charge in [0.1, 0.15) is 0 Å². The van der Waals surface area contributed by atoms with Crippen molar-refractivity contribution in [3.63, 3.8) is 0 Å². The van der Waals surface area contributed by atoms with Gasteiger partial charge in [0, 0.05) is 74.1 Å². The molecule has 1 aromatic rings. The molecule has 0 aliphatic carbocycles. The largest absolute Gasteiger partial charge is 0.371 e. The van der Waals surface area contributed by atoms with Crippen LogP contribution in [0.2, 0.25) is 0 Å². The van der Waals surface area contributed by atoms with Crippen LogP contribution in [0.3, 0.4) is 0 Å². The highest BCUT2D eigenvalue weighted by Crippen LogP contribution is 2.41. The molecule has 7 nitrogen and oxygen atoms in total. The molecule has 3 fully saturated rings. The van der Waals surface area contributed by atoms with Gasteiger partial charge in [-0.05, 0) is 37.1 Å². The number of carbonyl (C=O) groups is 1. The second-order valence-electron chi connectivity index (χ2n) is 8.77. The monoisotopic (exact) mass is 470 g/mol. The molecule has 10 heteroatoms. The Morgan fingerprint density at radius 3 is 2.29 bits per heavy atom. The molecule has 31 heavy (non-hydrogen) atoms. The van der Waals surface area contributed by atoms with Crippen molar-refractivity contribution in [1.82, 2.24) is 4.90 Å². The van der Waals surface area contributed by atoms with E-state index in [2.05, 4.69) is 34.1 Å². The van der Waals surface area contributed by atoms with Gasteiger partial charge in [-0.2, -0.15) is 11.8 Å². The first-order chi connectivity index (χ1) is 14.8. The van der Waals surface area contributed by atoms with Crippen LogP contribution in [0.4, 0.5) is 15.8 Å². The molecule has 2 N–H and O–H groups in total. The summed E-state index contributed by atoms with van der Waals surface area (Å²) < 4.78 is 38.2. The minimum absolute atomic E-state index is 0.101. The predicted octanol–water partition coefficient (Wildman–Crippen LogP) is 1.34. The van der Waals surface area contributed by atoms with Crippen LogP contribution < -0.4 is 15.5 Å². The Bertz CT molecular complexity index is 892. The number of thioether (sulfide) groups is 1. The Morgan fingerprint density at radius 2 is 1.65 bits per heavy atom. The molecule has 2 unspecified atom stereocenters. The van der Waals surface area contributed by atoms with E-state index in [1.54, 1.807) is 0 Å². The number of benzene rings is 1. The third-order valence-corrected chi connectivity index (χ3v) is 9.27. The van der Waals surface area contributed by atoms with E-state index in [-0.39, 0.29) is 12.0 Å². The van der Waals surface area contributed by atoms with Crippen molar-refractivity contribution in [2.75, 3.05) is 72.9 Å². The minimum Gasteiger partial charge on any atom is -0.371 e. The second-order valence-corrected chi connectivity index (χ2v) is 12.1. The van der Waals surface area contributed by atoms with Crippen LogP contribution in [0.5, 0.6) is 0 Å². The van der Waals surface area contributed by atoms with Crippen molar-refractivity contribution in [3.8, 4) is 0 Å². The molecule has 0 radical (unpaired) electrons. The number of sulfone groups is 1. The summed E-state index contributed by atoms with van der Waals surface area (Å²) in [6.45, 7) is 4.45. The van der Waals surface area contributed by atoms with Gasteiger partial charge in [0.05, 0.1) is 5.75 Å². The number of halogens is 1. The molecule has 172 valence electrons. The van der Waals surface area contributed by atoms with E-state index in [9.17, 15) is 17.6 Å². The highest BCUT2D eigenvalue weighted by Gasteiger charge is 2.47. The average Bonchev–Trinajstić information content (AvgIpc) is 3.40. The van der Waals surface area contributed by atoms with Crippen LogP contribution in [0.1, 0.15) is 12.8 Å². The van der Waals surface area contributed by atoms with Crippen molar-refractivity contribution < 1.29 is 17.6 Å². The van der Waals surface area contributed by atoms with Crippen LogP contribution >= 0.6 is 11.8 Å². The molecular weight excluding hydrogens is 439 g/mol. The van der Waals surface area contributed by atoms with Crippen LogP contribution in [0.15, 0.2) is 24.3 Å². The highest BCUT2D eigenvalue weighted by molar-refractivity contribution is 7.99. The van der Waals surface area contributed by atoms with E-state index in [0.29, 0.717) is 13.1 Å². The van der Waals surface area contributed by atoms with E-state index in [1.165, 1.54) is 22.1 Å². The first-order valence-corrected chi connectivity index (χ1v) is 13.7. The zero-order chi connectivity index (χ0) is 22.1. The Balaban J connectivity index is 1.37. The Kier molecular flexibility index (Phi) is 6.69. The summed E-state index contributed by atoms with van der Waals surface area (Å²) in [6, 6.07) is 8.67. The zero-order valence-corrected chi connectivity index (χ0v) is 19.3. The SMILES string of the molecule is NCCS(=O)(=O)C(F)C(=O)N1CCC2(CCN(c3ccc(N4CCSCC4)cc3)C2)C1. The molecule has 1 amide bonds. The number of hydrogen-bond acceptors (Lipinski definition) is 7. The summed E-state index contributed by atoms with van der Waals surface area (Å²) in [7, 11) is -4.15. The van der Waals surface area contributed by atoms with E-state index >= 15 is 0 Å². The number of alkyl halides is 1. The van der Waals surface area contributed by atoms with Crippen LogP contribution in [0.25, 0.3) is 0 Å². The number of rotatable bonds is 6. The Morgan fingerprint density at radius 1 is 1.03 bits per heavy atom. The lowest BCUT2D eigenvalue weighted by Gasteiger charge is -2.29. The second kappa shape index (κ2) is 9.15.